The fourth-order valence-electron chi connectivity index (χ4n) is 0.978. The number of aldehydes is 1. The molecule has 0 spiro atoms. The van der Waals surface area contributed by atoms with E-state index in [4.69, 9.17) is 5.11 Å². The van der Waals surface area contributed by atoms with Gasteiger partial charge in [-0.3, -0.25) is 9.59 Å². The van der Waals surface area contributed by atoms with Gasteiger partial charge in [-0.1, -0.05) is 0 Å². The lowest BCUT2D eigenvalue weighted by Crippen LogP contribution is -2.17. The average Bonchev–Trinajstić information content (AvgIpc) is 2.15. The van der Waals surface area contributed by atoms with E-state index in [9.17, 15) is 9.59 Å². The highest BCUT2D eigenvalue weighted by Crippen LogP contribution is 2.14. The van der Waals surface area contributed by atoms with E-state index in [-0.39, 0.29) is 22.8 Å². The lowest BCUT2D eigenvalue weighted by molar-refractivity contribution is 0.0962. The zero-order chi connectivity index (χ0) is 9.84. The molecule has 2 N–H and O–H groups in total. The van der Waals surface area contributed by atoms with Gasteiger partial charge in [0.25, 0.3) is 5.91 Å². The van der Waals surface area contributed by atoms with Crippen molar-refractivity contribution >= 4 is 12.2 Å². The van der Waals surface area contributed by atoms with Crippen LogP contribution in [0.4, 0.5) is 0 Å². The van der Waals surface area contributed by atoms with Gasteiger partial charge in [-0.05, 0) is 18.2 Å². The van der Waals surface area contributed by atoms with Crippen molar-refractivity contribution in [2.24, 2.45) is 0 Å². The van der Waals surface area contributed by atoms with Gasteiger partial charge in [0.15, 0.2) is 0 Å². The number of phenolic OH excluding ortho intramolecular Hbond substituents is 1. The van der Waals surface area contributed by atoms with Crippen molar-refractivity contribution in [3.63, 3.8) is 0 Å². The van der Waals surface area contributed by atoms with Crippen LogP contribution < -0.4 is 5.32 Å². The van der Waals surface area contributed by atoms with Crippen LogP contribution in [0.5, 0.6) is 5.75 Å². The van der Waals surface area contributed by atoms with Crippen molar-refractivity contribution in [2.45, 2.75) is 0 Å². The maximum absolute atomic E-state index is 11.1. The summed E-state index contributed by atoms with van der Waals surface area (Å²) in [6.07, 6.45) is 0.576. The highest BCUT2D eigenvalue weighted by atomic mass is 16.3. The second kappa shape index (κ2) is 3.71. The number of hydrogen-bond donors (Lipinski definition) is 2. The van der Waals surface area contributed by atoms with Crippen LogP contribution >= 0.6 is 0 Å². The van der Waals surface area contributed by atoms with Crippen LogP contribution in [0, 0.1) is 0 Å². The molecule has 0 radical (unpaired) electrons. The van der Waals surface area contributed by atoms with E-state index in [2.05, 4.69) is 5.32 Å². The van der Waals surface area contributed by atoms with E-state index in [0.717, 1.165) is 0 Å². The van der Waals surface area contributed by atoms with Gasteiger partial charge in [0.2, 0.25) is 0 Å². The molecule has 0 saturated carbocycles. The van der Waals surface area contributed by atoms with Crippen molar-refractivity contribution in [1.29, 1.82) is 0 Å². The molecule has 0 aromatic heterocycles. The first kappa shape index (κ1) is 9.25. The van der Waals surface area contributed by atoms with Crippen molar-refractivity contribution in [3.05, 3.63) is 29.3 Å². The van der Waals surface area contributed by atoms with Gasteiger partial charge in [-0.25, -0.2) is 0 Å². The molecular formula is C9H9NO3. The Kier molecular flexibility index (Phi) is 2.64. The molecule has 0 saturated heterocycles. The first-order chi connectivity index (χ1) is 6.17. The Morgan fingerprint density at radius 2 is 2.15 bits per heavy atom. The number of rotatable bonds is 2. The predicted molar refractivity (Wildman–Crippen MR) is 46.9 cm³/mol. The fourth-order valence-corrected chi connectivity index (χ4v) is 0.978. The molecule has 0 aliphatic heterocycles. The summed E-state index contributed by atoms with van der Waals surface area (Å²) in [6, 6.07) is 4.00. The van der Waals surface area contributed by atoms with Gasteiger partial charge in [-0.2, -0.15) is 0 Å². The second-order valence-electron chi connectivity index (χ2n) is 2.51. The smallest absolute Gasteiger partial charge is 0.251 e. The maximum atomic E-state index is 11.1. The third-order valence-corrected chi connectivity index (χ3v) is 1.57. The lowest BCUT2D eigenvalue weighted by Gasteiger charge is -2.01. The Labute approximate surface area is 75.2 Å². The van der Waals surface area contributed by atoms with E-state index < -0.39 is 0 Å². The summed E-state index contributed by atoms with van der Waals surface area (Å²) in [6.45, 7) is 0. The Morgan fingerprint density at radius 3 is 2.69 bits per heavy atom. The van der Waals surface area contributed by atoms with Gasteiger partial charge in [0, 0.05) is 18.2 Å². The number of carbonyl (C=O) groups is 2. The molecule has 1 aromatic rings. The molecule has 68 valence electrons. The van der Waals surface area contributed by atoms with E-state index in [0.29, 0.717) is 6.29 Å². The first-order valence-electron chi connectivity index (χ1n) is 3.68. The summed E-state index contributed by atoms with van der Waals surface area (Å²) in [4.78, 5) is 21.5. The monoisotopic (exact) mass is 179 g/mol. The number of carbonyl (C=O) groups excluding carboxylic acids is 2. The molecular weight excluding hydrogens is 170 g/mol. The predicted octanol–water partition coefficient (Wildman–Crippen LogP) is 0.564. The summed E-state index contributed by atoms with van der Waals surface area (Å²) in [7, 11) is 1.48. The largest absolute Gasteiger partial charge is 0.508 e. The fraction of sp³-hybridized carbons (Fsp3) is 0.111. The van der Waals surface area contributed by atoms with Gasteiger partial charge < -0.3 is 10.4 Å². The standard InChI is InChI=1S/C9H9NO3/c1-10-9(13)7-2-6(5-11)3-8(12)4-7/h2-5,12H,1H3,(H,10,13). The van der Waals surface area contributed by atoms with Crippen LogP contribution in [0.15, 0.2) is 18.2 Å². The molecule has 13 heavy (non-hydrogen) atoms. The lowest BCUT2D eigenvalue weighted by atomic mass is 10.1. The van der Waals surface area contributed by atoms with Gasteiger partial charge in [0.05, 0.1) is 0 Å². The Morgan fingerprint density at radius 1 is 1.46 bits per heavy atom. The number of benzene rings is 1. The topological polar surface area (TPSA) is 66.4 Å². The molecule has 1 aromatic carbocycles. The minimum Gasteiger partial charge on any atom is -0.508 e. The number of hydrogen-bond acceptors (Lipinski definition) is 3. The summed E-state index contributed by atoms with van der Waals surface area (Å²) < 4.78 is 0. The number of phenols is 1. The first-order valence-corrected chi connectivity index (χ1v) is 3.68. The maximum Gasteiger partial charge on any atom is 0.251 e. The molecule has 0 aliphatic carbocycles. The minimum absolute atomic E-state index is 0.0943. The zero-order valence-corrected chi connectivity index (χ0v) is 7.07. The molecule has 1 rings (SSSR count). The Balaban J connectivity index is 3.15. The van der Waals surface area contributed by atoms with Crippen molar-refractivity contribution < 1.29 is 14.7 Å². The number of amides is 1. The minimum atomic E-state index is -0.334. The summed E-state index contributed by atoms with van der Waals surface area (Å²) in [5.41, 5.74) is 0.545. The van der Waals surface area contributed by atoms with Crippen molar-refractivity contribution in [2.75, 3.05) is 7.05 Å². The van der Waals surface area contributed by atoms with Crippen LogP contribution in [-0.4, -0.2) is 24.3 Å². The normalized spacial score (nSPS) is 9.31. The third-order valence-electron chi connectivity index (χ3n) is 1.57. The molecule has 0 atom stereocenters. The van der Waals surface area contributed by atoms with Gasteiger partial charge >= 0.3 is 0 Å². The molecule has 0 unspecified atom stereocenters. The summed E-state index contributed by atoms with van der Waals surface area (Å²) in [5.74, 6) is -0.429. The Bertz CT molecular complexity index is 347. The summed E-state index contributed by atoms with van der Waals surface area (Å²) in [5, 5.41) is 11.5. The highest BCUT2D eigenvalue weighted by Gasteiger charge is 2.05. The van der Waals surface area contributed by atoms with Crippen molar-refractivity contribution in [1.82, 2.24) is 5.32 Å². The number of nitrogens with one attached hydrogen (secondary N) is 1. The molecule has 4 heteroatoms. The van der Waals surface area contributed by atoms with E-state index in [1.807, 2.05) is 0 Å². The van der Waals surface area contributed by atoms with Gasteiger partial charge in [-0.15, -0.1) is 0 Å². The van der Waals surface area contributed by atoms with E-state index in [1.165, 1.54) is 25.2 Å². The molecule has 0 bridgehead atoms. The van der Waals surface area contributed by atoms with E-state index >= 15 is 0 Å². The zero-order valence-electron chi connectivity index (χ0n) is 7.07. The second-order valence-corrected chi connectivity index (χ2v) is 2.51. The quantitative estimate of drug-likeness (QED) is 0.652. The van der Waals surface area contributed by atoms with E-state index in [1.54, 1.807) is 0 Å². The summed E-state index contributed by atoms with van der Waals surface area (Å²) >= 11 is 0. The van der Waals surface area contributed by atoms with Crippen LogP contribution in [0.3, 0.4) is 0 Å². The molecule has 0 fully saturated rings. The van der Waals surface area contributed by atoms with Crippen LogP contribution in [0.2, 0.25) is 0 Å². The molecule has 4 nitrogen and oxygen atoms in total. The molecule has 1 amide bonds. The third kappa shape index (κ3) is 2.05. The van der Waals surface area contributed by atoms with Crippen LogP contribution in [-0.2, 0) is 0 Å². The molecule has 0 aliphatic rings. The SMILES string of the molecule is CNC(=O)c1cc(O)cc(C=O)c1. The highest BCUT2D eigenvalue weighted by molar-refractivity contribution is 5.96. The molecule has 0 heterocycles. The average molecular weight is 179 g/mol. The van der Waals surface area contributed by atoms with Gasteiger partial charge in [0.1, 0.15) is 12.0 Å². The number of aromatic hydroxyl groups is 1. The van der Waals surface area contributed by atoms with Crippen molar-refractivity contribution in [3.8, 4) is 5.75 Å². The Hall–Kier alpha value is -1.84. The van der Waals surface area contributed by atoms with Crippen LogP contribution in [0.1, 0.15) is 20.7 Å². The van der Waals surface area contributed by atoms with Crippen LogP contribution in [0.25, 0.3) is 0 Å².